The van der Waals surface area contributed by atoms with E-state index < -0.39 is 0 Å². The van der Waals surface area contributed by atoms with Gasteiger partial charge in [0.25, 0.3) is 0 Å². The molecule has 0 spiro atoms. The van der Waals surface area contributed by atoms with Gasteiger partial charge in [-0.05, 0) is 41.8 Å². The molecule has 2 nitrogen and oxygen atoms in total. The van der Waals surface area contributed by atoms with Crippen LogP contribution in [0.4, 0.5) is 0 Å². The van der Waals surface area contributed by atoms with Crippen molar-refractivity contribution in [1.29, 1.82) is 0 Å². The van der Waals surface area contributed by atoms with Crippen LogP contribution in [0, 0.1) is 6.92 Å². The molecule has 0 bridgehead atoms. The Hall–Kier alpha value is -2.09. The molecular weight excluding hydrogens is 212 g/mol. The minimum atomic E-state index is 0.0600. The first-order valence-corrected chi connectivity index (χ1v) is 5.46. The number of methoxy groups -OCH3 is 1. The van der Waals surface area contributed by atoms with Gasteiger partial charge in [0.05, 0.1) is 7.11 Å². The van der Waals surface area contributed by atoms with Gasteiger partial charge in [-0.3, -0.25) is 4.79 Å². The van der Waals surface area contributed by atoms with E-state index in [1.165, 1.54) is 0 Å². The molecule has 17 heavy (non-hydrogen) atoms. The van der Waals surface area contributed by atoms with Crippen molar-refractivity contribution in [2.24, 2.45) is 0 Å². The van der Waals surface area contributed by atoms with Gasteiger partial charge in [-0.25, -0.2) is 0 Å². The summed E-state index contributed by atoms with van der Waals surface area (Å²) in [4.78, 5) is 11.5. The molecule has 0 aromatic heterocycles. The standard InChI is InChI=1S/C15H14O2/c1-11-3-4-12(7-10-15(11)16)13-5-8-14(17-2)9-6-13/h3-10H,1-2H3. The number of rotatable bonds is 2. The second kappa shape index (κ2) is 4.83. The normalized spacial score (nSPS) is 10.0. The van der Waals surface area contributed by atoms with Crippen molar-refractivity contribution in [2.45, 2.75) is 6.92 Å². The second-order valence-electron chi connectivity index (χ2n) is 3.90. The molecule has 2 aromatic carbocycles. The molecule has 0 amide bonds. The lowest BCUT2D eigenvalue weighted by Gasteiger charge is -2.01. The van der Waals surface area contributed by atoms with Crippen LogP contribution in [-0.4, -0.2) is 7.11 Å². The average molecular weight is 226 g/mol. The van der Waals surface area contributed by atoms with Gasteiger partial charge in [-0.15, -0.1) is 0 Å². The van der Waals surface area contributed by atoms with Gasteiger partial charge in [0.2, 0.25) is 0 Å². The average Bonchev–Trinajstić information content (AvgIpc) is 2.53. The minimum absolute atomic E-state index is 0.0600. The molecule has 0 heterocycles. The Morgan fingerprint density at radius 1 is 0.824 bits per heavy atom. The summed E-state index contributed by atoms with van der Waals surface area (Å²) in [6, 6.07) is 15.0. The third-order valence-corrected chi connectivity index (χ3v) is 2.74. The van der Waals surface area contributed by atoms with E-state index in [2.05, 4.69) is 0 Å². The van der Waals surface area contributed by atoms with Gasteiger partial charge in [0, 0.05) is 0 Å². The van der Waals surface area contributed by atoms with Crippen LogP contribution in [0.15, 0.2) is 53.3 Å². The van der Waals surface area contributed by atoms with Crippen LogP contribution in [0.3, 0.4) is 0 Å². The Balaban J connectivity index is 2.46. The zero-order valence-electron chi connectivity index (χ0n) is 9.94. The van der Waals surface area contributed by atoms with Crippen molar-refractivity contribution >= 4 is 0 Å². The fraction of sp³-hybridized carbons (Fsp3) is 0.133. The molecule has 0 fully saturated rings. The lowest BCUT2D eigenvalue weighted by Crippen LogP contribution is -1.96. The first-order valence-electron chi connectivity index (χ1n) is 5.46. The predicted octanol–water partition coefficient (Wildman–Crippen LogP) is 3.03. The summed E-state index contributed by atoms with van der Waals surface area (Å²) in [5, 5.41) is 0. The molecule has 0 unspecified atom stereocenters. The highest BCUT2D eigenvalue weighted by Gasteiger charge is 1.98. The SMILES string of the molecule is COc1ccc(-c2ccc(C)c(=O)cc2)cc1. The van der Waals surface area contributed by atoms with E-state index in [1.54, 1.807) is 13.2 Å². The van der Waals surface area contributed by atoms with Crippen LogP contribution in [0.25, 0.3) is 11.1 Å². The van der Waals surface area contributed by atoms with Crippen molar-refractivity contribution in [2.75, 3.05) is 7.11 Å². The molecule has 86 valence electrons. The van der Waals surface area contributed by atoms with Crippen LogP contribution in [0.5, 0.6) is 5.75 Å². The molecular formula is C15H14O2. The molecule has 2 aromatic rings. The summed E-state index contributed by atoms with van der Waals surface area (Å²) in [7, 11) is 1.64. The maximum Gasteiger partial charge on any atom is 0.181 e. The zero-order chi connectivity index (χ0) is 12.3. The summed E-state index contributed by atoms with van der Waals surface area (Å²) in [6.45, 7) is 1.82. The van der Waals surface area contributed by atoms with E-state index >= 15 is 0 Å². The maximum atomic E-state index is 11.5. The topological polar surface area (TPSA) is 26.3 Å². The monoisotopic (exact) mass is 226 g/mol. The lowest BCUT2D eigenvalue weighted by atomic mass is 10.1. The Bertz CT molecular complexity index is 571. The van der Waals surface area contributed by atoms with E-state index in [-0.39, 0.29) is 5.43 Å². The van der Waals surface area contributed by atoms with E-state index in [4.69, 9.17) is 4.74 Å². The smallest absolute Gasteiger partial charge is 0.181 e. The quantitative estimate of drug-likeness (QED) is 0.786. The lowest BCUT2D eigenvalue weighted by molar-refractivity contribution is 0.415. The molecule has 0 N–H and O–H groups in total. The summed E-state index contributed by atoms with van der Waals surface area (Å²) in [6.07, 6.45) is 0. The van der Waals surface area contributed by atoms with Crippen LogP contribution in [-0.2, 0) is 0 Å². The van der Waals surface area contributed by atoms with Crippen LogP contribution < -0.4 is 10.2 Å². The molecule has 0 aliphatic rings. The Kier molecular flexibility index (Phi) is 3.24. The summed E-state index contributed by atoms with van der Waals surface area (Å²) < 4.78 is 5.11. The number of hydrogen-bond acceptors (Lipinski definition) is 2. The fourth-order valence-corrected chi connectivity index (χ4v) is 1.63. The predicted molar refractivity (Wildman–Crippen MR) is 69.4 cm³/mol. The second-order valence-corrected chi connectivity index (χ2v) is 3.90. The van der Waals surface area contributed by atoms with Gasteiger partial charge in [-0.1, -0.05) is 30.3 Å². The summed E-state index contributed by atoms with van der Waals surface area (Å²) in [5.74, 6) is 0.828. The van der Waals surface area contributed by atoms with Crippen molar-refractivity contribution in [3.63, 3.8) is 0 Å². The Labute approximate surface area is 101 Å². The molecule has 2 rings (SSSR count). The van der Waals surface area contributed by atoms with Crippen molar-refractivity contribution < 1.29 is 4.74 Å². The van der Waals surface area contributed by atoms with Crippen molar-refractivity contribution in [1.82, 2.24) is 0 Å². The van der Waals surface area contributed by atoms with Crippen molar-refractivity contribution in [3.8, 4) is 16.9 Å². The highest BCUT2D eigenvalue weighted by molar-refractivity contribution is 5.63. The highest BCUT2D eigenvalue weighted by atomic mass is 16.5. The van der Waals surface area contributed by atoms with Crippen LogP contribution in [0.2, 0.25) is 0 Å². The van der Waals surface area contributed by atoms with Gasteiger partial charge in [-0.2, -0.15) is 0 Å². The van der Waals surface area contributed by atoms with Gasteiger partial charge in [0.1, 0.15) is 5.75 Å². The van der Waals surface area contributed by atoms with Crippen LogP contribution >= 0.6 is 0 Å². The molecule has 0 aliphatic heterocycles. The summed E-state index contributed by atoms with van der Waals surface area (Å²) in [5.41, 5.74) is 2.91. The first kappa shape index (κ1) is 11.4. The number of hydrogen-bond donors (Lipinski definition) is 0. The molecule has 0 atom stereocenters. The van der Waals surface area contributed by atoms with Gasteiger partial charge in [0.15, 0.2) is 5.43 Å². The third-order valence-electron chi connectivity index (χ3n) is 2.74. The third kappa shape index (κ3) is 2.53. The van der Waals surface area contributed by atoms with E-state index in [9.17, 15) is 4.79 Å². The van der Waals surface area contributed by atoms with Gasteiger partial charge < -0.3 is 4.74 Å². The van der Waals surface area contributed by atoms with E-state index in [0.29, 0.717) is 0 Å². The zero-order valence-corrected chi connectivity index (χ0v) is 9.94. The Morgan fingerprint density at radius 2 is 1.35 bits per heavy atom. The van der Waals surface area contributed by atoms with Crippen LogP contribution in [0.1, 0.15) is 5.56 Å². The first-order chi connectivity index (χ1) is 8.20. The fourth-order valence-electron chi connectivity index (χ4n) is 1.63. The molecule has 0 radical (unpaired) electrons. The molecule has 0 saturated carbocycles. The minimum Gasteiger partial charge on any atom is -0.497 e. The largest absolute Gasteiger partial charge is 0.497 e. The highest BCUT2D eigenvalue weighted by Crippen LogP contribution is 2.21. The molecule has 0 saturated heterocycles. The summed E-state index contributed by atoms with van der Waals surface area (Å²) >= 11 is 0. The maximum absolute atomic E-state index is 11.5. The molecule has 0 aliphatic carbocycles. The van der Waals surface area contributed by atoms with E-state index in [1.807, 2.05) is 49.4 Å². The molecule has 2 heteroatoms. The number of ether oxygens (including phenoxy) is 1. The van der Waals surface area contributed by atoms with Gasteiger partial charge >= 0.3 is 0 Å². The number of benzene rings is 1. The van der Waals surface area contributed by atoms with Crippen molar-refractivity contribution in [3.05, 3.63) is 64.3 Å². The van der Waals surface area contributed by atoms with E-state index in [0.717, 1.165) is 22.4 Å². The number of aryl methyl sites for hydroxylation is 1. The Morgan fingerprint density at radius 3 is 1.94 bits per heavy atom.